The van der Waals surface area contributed by atoms with Crippen LogP contribution in [0.5, 0.6) is 0 Å². The number of carbonyl (C=O) groups is 2. The van der Waals surface area contributed by atoms with Gasteiger partial charge in [0.15, 0.2) is 0 Å². The average Bonchev–Trinajstić information content (AvgIpc) is 2.73. The third kappa shape index (κ3) is 3.14. The summed E-state index contributed by atoms with van der Waals surface area (Å²) in [5.41, 5.74) is 1.92. The summed E-state index contributed by atoms with van der Waals surface area (Å²) in [6.45, 7) is 2.82. The standard InChI is InChI=1S/C25H28N4O3/c1-2-4-17-7-9-18(10-8-17)22-21(14-30)29(24(32)20-13-26-11-12-27-20)25(22)15-28(16-25)23(31)19-5-3-6-19/h2,4,7-13,19,21-22,30H,3,5-6,14-16H2,1H3/b4-2+/t21-,22-/m1/s1. The quantitative estimate of drug-likeness (QED) is 0.785. The Morgan fingerprint density at radius 3 is 2.50 bits per heavy atom. The zero-order chi connectivity index (χ0) is 22.3. The lowest BCUT2D eigenvalue weighted by atomic mass is 9.60. The molecule has 2 saturated heterocycles. The Morgan fingerprint density at radius 2 is 1.94 bits per heavy atom. The van der Waals surface area contributed by atoms with Gasteiger partial charge in [0.05, 0.1) is 24.4 Å². The van der Waals surface area contributed by atoms with Crippen LogP contribution in [-0.4, -0.2) is 68.0 Å². The molecule has 166 valence electrons. The Kier molecular flexibility index (Phi) is 5.29. The van der Waals surface area contributed by atoms with Crippen LogP contribution in [0.2, 0.25) is 0 Å². The number of hydrogen-bond donors (Lipinski definition) is 1. The fourth-order valence-corrected chi connectivity index (χ4v) is 5.55. The summed E-state index contributed by atoms with van der Waals surface area (Å²) in [6.07, 6.45) is 11.5. The first-order valence-electron chi connectivity index (χ1n) is 11.3. The lowest BCUT2D eigenvalue weighted by molar-refractivity contribution is -0.183. The zero-order valence-corrected chi connectivity index (χ0v) is 18.2. The van der Waals surface area contributed by atoms with E-state index in [2.05, 4.69) is 34.2 Å². The van der Waals surface area contributed by atoms with Crippen LogP contribution >= 0.6 is 0 Å². The second kappa shape index (κ2) is 8.13. The van der Waals surface area contributed by atoms with Crippen LogP contribution in [0.25, 0.3) is 6.08 Å². The van der Waals surface area contributed by atoms with Crippen molar-refractivity contribution in [2.45, 2.75) is 43.7 Å². The molecule has 0 radical (unpaired) electrons. The van der Waals surface area contributed by atoms with Gasteiger partial charge >= 0.3 is 0 Å². The van der Waals surface area contributed by atoms with E-state index < -0.39 is 5.54 Å². The van der Waals surface area contributed by atoms with E-state index in [1.165, 1.54) is 18.6 Å². The summed E-state index contributed by atoms with van der Waals surface area (Å²) < 4.78 is 0. The summed E-state index contributed by atoms with van der Waals surface area (Å²) in [4.78, 5) is 38.1. The lowest BCUT2D eigenvalue weighted by Gasteiger charge is -2.70. The molecule has 3 fully saturated rings. The van der Waals surface area contributed by atoms with Crippen molar-refractivity contribution in [1.82, 2.24) is 19.8 Å². The van der Waals surface area contributed by atoms with Gasteiger partial charge < -0.3 is 14.9 Å². The molecule has 0 unspecified atom stereocenters. The molecule has 1 spiro atoms. The third-order valence-corrected chi connectivity index (χ3v) is 7.31. The van der Waals surface area contributed by atoms with Gasteiger partial charge in [-0.25, -0.2) is 4.98 Å². The summed E-state index contributed by atoms with van der Waals surface area (Å²) >= 11 is 0. The summed E-state index contributed by atoms with van der Waals surface area (Å²) in [6, 6.07) is 7.90. The van der Waals surface area contributed by atoms with Crippen molar-refractivity contribution in [3.63, 3.8) is 0 Å². The van der Waals surface area contributed by atoms with Crippen LogP contribution < -0.4 is 0 Å². The molecule has 1 aromatic carbocycles. The monoisotopic (exact) mass is 432 g/mol. The van der Waals surface area contributed by atoms with Crippen LogP contribution in [0.4, 0.5) is 0 Å². The lowest BCUT2D eigenvalue weighted by Crippen LogP contribution is -2.86. The number of allylic oxidation sites excluding steroid dienone is 1. The van der Waals surface area contributed by atoms with Gasteiger partial charge in [0.2, 0.25) is 5.91 Å². The topological polar surface area (TPSA) is 86.6 Å². The van der Waals surface area contributed by atoms with Gasteiger partial charge in [-0.05, 0) is 30.9 Å². The number of hydrogen-bond acceptors (Lipinski definition) is 5. The second-order valence-corrected chi connectivity index (χ2v) is 9.09. The number of aliphatic hydroxyl groups excluding tert-OH is 1. The van der Waals surface area contributed by atoms with Crippen LogP contribution in [-0.2, 0) is 4.79 Å². The van der Waals surface area contributed by atoms with Crippen molar-refractivity contribution in [2.24, 2.45) is 5.92 Å². The number of aliphatic hydroxyl groups is 1. The first-order valence-corrected chi connectivity index (χ1v) is 11.3. The Morgan fingerprint density at radius 1 is 1.19 bits per heavy atom. The number of nitrogens with zero attached hydrogens (tertiary/aromatic N) is 4. The highest BCUT2D eigenvalue weighted by atomic mass is 16.3. The van der Waals surface area contributed by atoms with Gasteiger partial charge in [-0.15, -0.1) is 0 Å². The first-order chi connectivity index (χ1) is 15.6. The molecule has 0 bridgehead atoms. The van der Waals surface area contributed by atoms with E-state index in [4.69, 9.17) is 0 Å². The zero-order valence-electron chi connectivity index (χ0n) is 18.2. The van der Waals surface area contributed by atoms with E-state index in [0.717, 1.165) is 30.4 Å². The van der Waals surface area contributed by atoms with E-state index in [0.29, 0.717) is 13.1 Å². The SMILES string of the molecule is C/C=C/c1ccc([C@@H]2[C@@H](CO)N(C(=O)c3cnccn3)C23CN(C(=O)C2CCC2)C3)cc1. The fourth-order valence-electron chi connectivity index (χ4n) is 5.55. The maximum Gasteiger partial charge on any atom is 0.275 e. The van der Waals surface area contributed by atoms with E-state index in [1.54, 1.807) is 4.90 Å². The van der Waals surface area contributed by atoms with Crippen LogP contribution in [0.1, 0.15) is 53.7 Å². The van der Waals surface area contributed by atoms with Crippen LogP contribution in [0, 0.1) is 5.92 Å². The smallest absolute Gasteiger partial charge is 0.275 e. The third-order valence-electron chi connectivity index (χ3n) is 7.31. The normalized spacial score (nSPS) is 24.2. The molecule has 2 aromatic rings. The number of carbonyl (C=O) groups excluding carboxylic acids is 2. The van der Waals surface area contributed by atoms with Crippen LogP contribution in [0.15, 0.2) is 48.9 Å². The predicted molar refractivity (Wildman–Crippen MR) is 120 cm³/mol. The minimum absolute atomic E-state index is 0.0433. The summed E-state index contributed by atoms with van der Waals surface area (Å²) in [5, 5.41) is 10.3. The van der Waals surface area contributed by atoms with Gasteiger partial charge in [0.25, 0.3) is 5.91 Å². The van der Waals surface area contributed by atoms with E-state index in [1.807, 2.05) is 24.0 Å². The molecule has 1 saturated carbocycles. The average molecular weight is 433 g/mol. The molecule has 32 heavy (non-hydrogen) atoms. The molecule has 1 aromatic heterocycles. The molecule has 3 aliphatic rings. The van der Waals surface area contributed by atoms with Gasteiger partial charge in [-0.2, -0.15) is 0 Å². The van der Waals surface area contributed by atoms with Gasteiger partial charge in [0, 0.05) is 37.3 Å². The fraction of sp³-hybridized carbons (Fsp3) is 0.440. The minimum atomic E-state index is -0.524. The molecule has 1 N–H and O–H groups in total. The van der Waals surface area contributed by atoms with E-state index in [9.17, 15) is 14.7 Å². The molecule has 5 rings (SSSR count). The van der Waals surface area contributed by atoms with Crippen molar-refractivity contribution >= 4 is 17.9 Å². The Hall–Kier alpha value is -3.06. The molecular weight excluding hydrogens is 404 g/mol. The van der Waals surface area contributed by atoms with Crippen molar-refractivity contribution in [1.29, 1.82) is 0 Å². The molecule has 7 heteroatoms. The number of rotatable bonds is 5. The summed E-state index contributed by atoms with van der Waals surface area (Å²) in [7, 11) is 0. The van der Waals surface area contributed by atoms with E-state index in [-0.39, 0.29) is 42.0 Å². The van der Waals surface area contributed by atoms with Crippen molar-refractivity contribution in [3.05, 3.63) is 65.8 Å². The Labute approximate surface area is 187 Å². The van der Waals surface area contributed by atoms with Crippen molar-refractivity contribution in [2.75, 3.05) is 19.7 Å². The molecule has 2 aliphatic heterocycles. The van der Waals surface area contributed by atoms with Gasteiger partial charge in [-0.3, -0.25) is 14.6 Å². The number of likely N-dealkylation sites (tertiary alicyclic amines) is 2. The Bertz CT molecular complexity index is 1030. The second-order valence-electron chi connectivity index (χ2n) is 9.09. The van der Waals surface area contributed by atoms with E-state index >= 15 is 0 Å². The number of benzene rings is 1. The maximum atomic E-state index is 13.4. The molecule has 2 amide bonds. The minimum Gasteiger partial charge on any atom is -0.394 e. The molecule has 3 heterocycles. The van der Waals surface area contributed by atoms with Gasteiger partial charge in [0.1, 0.15) is 5.69 Å². The van der Waals surface area contributed by atoms with Crippen molar-refractivity contribution < 1.29 is 14.7 Å². The molecule has 2 atom stereocenters. The molecular formula is C25H28N4O3. The number of amides is 2. The Balaban J connectivity index is 1.46. The molecule has 1 aliphatic carbocycles. The highest BCUT2D eigenvalue weighted by Crippen LogP contribution is 2.54. The highest BCUT2D eigenvalue weighted by Gasteiger charge is 2.68. The molecule has 7 nitrogen and oxygen atoms in total. The maximum absolute atomic E-state index is 13.4. The number of aromatic nitrogens is 2. The summed E-state index contributed by atoms with van der Waals surface area (Å²) in [5.74, 6) is 0.0417. The first kappa shape index (κ1) is 20.8. The van der Waals surface area contributed by atoms with Crippen LogP contribution in [0.3, 0.4) is 0 Å². The highest BCUT2D eigenvalue weighted by molar-refractivity contribution is 5.94. The van der Waals surface area contributed by atoms with Crippen molar-refractivity contribution in [3.8, 4) is 0 Å². The van der Waals surface area contributed by atoms with Gasteiger partial charge in [-0.1, -0.05) is 42.8 Å². The predicted octanol–water partition coefficient (Wildman–Crippen LogP) is 2.49. The largest absolute Gasteiger partial charge is 0.394 e.